The number of nitrogens with one attached hydrogen (secondary N) is 2. The molecule has 0 unspecified atom stereocenters. The largest absolute Gasteiger partial charge is 0.444 e. The minimum Gasteiger partial charge on any atom is -0.444 e. The molecule has 1 saturated heterocycles. The number of rotatable bonds is 8. The molecule has 1 aromatic rings. The van der Waals surface area contributed by atoms with Crippen molar-refractivity contribution in [1.29, 1.82) is 0 Å². The van der Waals surface area contributed by atoms with Gasteiger partial charge < -0.3 is 25.2 Å². The summed E-state index contributed by atoms with van der Waals surface area (Å²) < 4.78 is 10.7. The number of carbonyl (C=O) groups excluding carboxylic acids is 1. The maximum atomic E-state index is 12.2. The maximum absolute atomic E-state index is 12.2. The third-order valence-electron chi connectivity index (χ3n) is 4.59. The molecule has 152 valence electrons. The number of carbonyl (C=O) groups is 1. The third-order valence-corrected chi connectivity index (χ3v) is 4.59. The van der Waals surface area contributed by atoms with E-state index in [0.717, 1.165) is 38.2 Å². The van der Waals surface area contributed by atoms with Crippen LogP contribution in [0.4, 0.5) is 4.79 Å². The zero-order valence-corrected chi connectivity index (χ0v) is 16.7. The second kappa shape index (κ2) is 10.6. The Morgan fingerprint density at radius 1 is 1.26 bits per heavy atom. The van der Waals surface area contributed by atoms with Crippen LogP contribution in [0.25, 0.3) is 0 Å². The van der Waals surface area contributed by atoms with E-state index in [-0.39, 0.29) is 0 Å². The normalized spacial score (nSPS) is 17.9. The molecule has 1 aromatic carbocycles. The van der Waals surface area contributed by atoms with E-state index < -0.39 is 23.8 Å². The molecule has 0 aromatic heterocycles. The first-order chi connectivity index (χ1) is 12.8. The van der Waals surface area contributed by atoms with Crippen molar-refractivity contribution in [3.05, 3.63) is 35.9 Å². The van der Waals surface area contributed by atoms with E-state index in [9.17, 15) is 9.90 Å². The number of aliphatic hydroxyl groups is 1. The van der Waals surface area contributed by atoms with Crippen molar-refractivity contribution in [1.82, 2.24) is 10.6 Å². The number of benzene rings is 1. The van der Waals surface area contributed by atoms with Gasteiger partial charge in [0.05, 0.1) is 12.1 Å². The Morgan fingerprint density at radius 2 is 1.93 bits per heavy atom. The molecule has 0 bridgehead atoms. The second-order valence-electron chi connectivity index (χ2n) is 8.22. The first-order valence-corrected chi connectivity index (χ1v) is 9.83. The van der Waals surface area contributed by atoms with Gasteiger partial charge in [0.1, 0.15) is 5.60 Å². The molecular weight excluding hydrogens is 344 g/mol. The average Bonchev–Trinajstić information content (AvgIpc) is 2.61. The lowest BCUT2D eigenvalue weighted by molar-refractivity contribution is 0.0413. The van der Waals surface area contributed by atoms with Crippen molar-refractivity contribution >= 4 is 6.09 Å². The lowest BCUT2D eigenvalue weighted by Gasteiger charge is -2.28. The van der Waals surface area contributed by atoms with Crippen LogP contribution in [0.1, 0.15) is 39.2 Å². The Bertz CT molecular complexity index is 553. The van der Waals surface area contributed by atoms with E-state index in [1.165, 1.54) is 0 Å². The SMILES string of the molecule is CC(C)(C)OC(=O)N[C@@H](Cc1ccccc1)[C@@H](O)CNCC1CCOCC1. The first-order valence-electron chi connectivity index (χ1n) is 9.83. The molecule has 0 spiro atoms. The molecule has 1 aliphatic rings. The van der Waals surface area contributed by atoms with E-state index in [0.29, 0.717) is 18.9 Å². The van der Waals surface area contributed by atoms with Crippen molar-refractivity contribution < 1.29 is 19.4 Å². The fourth-order valence-corrected chi connectivity index (χ4v) is 3.14. The number of amides is 1. The lowest BCUT2D eigenvalue weighted by atomic mass is 9.99. The number of alkyl carbamates (subject to hydrolysis) is 1. The molecule has 1 amide bonds. The molecule has 0 saturated carbocycles. The molecule has 2 rings (SSSR count). The minimum absolute atomic E-state index is 0.421. The predicted molar refractivity (Wildman–Crippen MR) is 106 cm³/mol. The quantitative estimate of drug-likeness (QED) is 0.648. The van der Waals surface area contributed by atoms with E-state index in [4.69, 9.17) is 9.47 Å². The summed E-state index contributed by atoms with van der Waals surface area (Å²) in [6.45, 7) is 8.37. The van der Waals surface area contributed by atoms with Crippen molar-refractivity contribution in [3.63, 3.8) is 0 Å². The highest BCUT2D eigenvalue weighted by Crippen LogP contribution is 2.14. The van der Waals surface area contributed by atoms with Gasteiger partial charge in [-0.1, -0.05) is 30.3 Å². The van der Waals surface area contributed by atoms with Gasteiger partial charge in [-0.3, -0.25) is 0 Å². The summed E-state index contributed by atoms with van der Waals surface area (Å²) in [5.74, 6) is 0.581. The number of ether oxygens (including phenoxy) is 2. The topological polar surface area (TPSA) is 79.8 Å². The standard InChI is InChI=1S/C21H34N2O4/c1-21(2,3)27-20(25)23-18(13-16-7-5-4-6-8-16)19(24)15-22-14-17-9-11-26-12-10-17/h4-8,17-19,22,24H,9-15H2,1-3H3,(H,23,25)/t18-,19-/m0/s1. The fourth-order valence-electron chi connectivity index (χ4n) is 3.14. The Hall–Kier alpha value is -1.63. The first kappa shape index (κ1) is 21.7. The van der Waals surface area contributed by atoms with Gasteiger partial charge >= 0.3 is 6.09 Å². The number of hydrogen-bond donors (Lipinski definition) is 3. The summed E-state index contributed by atoms with van der Waals surface area (Å²) in [5, 5.41) is 16.9. The van der Waals surface area contributed by atoms with Gasteiger partial charge in [-0.15, -0.1) is 0 Å². The van der Waals surface area contributed by atoms with E-state index in [1.807, 2.05) is 51.1 Å². The van der Waals surface area contributed by atoms with Crippen LogP contribution in [-0.2, 0) is 15.9 Å². The van der Waals surface area contributed by atoms with Gasteiger partial charge in [-0.25, -0.2) is 4.79 Å². The summed E-state index contributed by atoms with van der Waals surface area (Å²) in [4.78, 5) is 12.2. The zero-order valence-electron chi connectivity index (χ0n) is 16.7. The number of aliphatic hydroxyl groups excluding tert-OH is 1. The number of hydrogen-bond acceptors (Lipinski definition) is 5. The minimum atomic E-state index is -0.711. The zero-order chi connectivity index (χ0) is 19.7. The van der Waals surface area contributed by atoms with Crippen molar-refractivity contribution in [2.45, 2.75) is 57.8 Å². The molecule has 6 nitrogen and oxygen atoms in total. The van der Waals surface area contributed by atoms with Gasteiger partial charge in [0.15, 0.2) is 0 Å². The highest BCUT2D eigenvalue weighted by molar-refractivity contribution is 5.68. The van der Waals surface area contributed by atoms with Crippen LogP contribution in [0, 0.1) is 5.92 Å². The van der Waals surface area contributed by atoms with Gasteiger partial charge in [0.2, 0.25) is 0 Å². The van der Waals surface area contributed by atoms with Gasteiger partial charge in [-0.05, 0) is 58.1 Å². The van der Waals surface area contributed by atoms with Gasteiger partial charge in [-0.2, -0.15) is 0 Å². The summed E-state index contributed by atoms with van der Waals surface area (Å²) >= 11 is 0. The van der Waals surface area contributed by atoms with Crippen LogP contribution >= 0.6 is 0 Å². The highest BCUT2D eigenvalue weighted by Gasteiger charge is 2.25. The molecule has 0 radical (unpaired) electrons. The fraction of sp³-hybridized carbons (Fsp3) is 0.667. The van der Waals surface area contributed by atoms with E-state index in [1.54, 1.807) is 0 Å². The van der Waals surface area contributed by atoms with Crippen LogP contribution in [0.3, 0.4) is 0 Å². The van der Waals surface area contributed by atoms with E-state index >= 15 is 0 Å². The highest BCUT2D eigenvalue weighted by atomic mass is 16.6. The van der Waals surface area contributed by atoms with Crippen LogP contribution in [0.15, 0.2) is 30.3 Å². The molecule has 27 heavy (non-hydrogen) atoms. The maximum Gasteiger partial charge on any atom is 0.407 e. The summed E-state index contributed by atoms with van der Waals surface area (Å²) in [6.07, 6.45) is 1.42. The summed E-state index contributed by atoms with van der Waals surface area (Å²) in [5.41, 5.74) is 0.482. The molecule has 1 heterocycles. The predicted octanol–water partition coefficient (Wildman–Crippen LogP) is 2.50. The molecule has 1 fully saturated rings. The Morgan fingerprint density at radius 3 is 2.56 bits per heavy atom. The van der Waals surface area contributed by atoms with Crippen molar-refractivity contribution in [3.8, 4) is 0 Å². The third kappa shape index (κ3) is 8.73. The van der Waals surface area contributed by atoms with Crippen molar-refractivity contribution in [2.24, 2.45) is 5.92 Å². The van der Waals surface area contributed by atoms with Gasteiger partial charge in [0, 0.05) is 19.8 Å². The van der Waals surface area contributed by atoms with Crippen LogP contribution < -0.4 is 10.6 Å². The molecular formula is C21H34N2O4. The monoisotopic (exact) mass is 378 g/mol. The smallest absolute Gasteiger partial charge is 0.407 e. The molecule has 2 atom stereocenters. The Labute approximate surface area is 162 Å². The van der Waals surface area contributed by atoms with Crippen LogP contribution in [0.2, 0.25) is 0 Å². The summed E-state index contributed by atoms with van der Waals surface area (Å²) in [6, 6.07) is 9.42. The molecule has 0 aliphatic carbocycles. The second-order valence-corrected chi connectivity index (χ2v) is 8.22. The Balaban J connectivity index is 1.89. The van der Waals surface area contributed by atoms with Crippen LogP contribution in [-0.4, -0.2) is 55.2 Å². The molecule has 6 heteroatoms. The molecule has 1 aliphatic heterocycles. The Kier molecular flexibility index (Phi) is 8.54. The average molecular weight is 379 g/mol. The molecule has 3 N–H and O–H groups in total. The summed E-state index contributed by atoms with van der Waals surface area (Å²) in [7, 11) is 0. The van der Waals surface area contributed by atoms with Crippen molar-refractivity contribution in [2.75, 3.05) is 26.3 Å². The van der Waals surface area contributed by atoms with Gasteiger partial charge in [0.25, 0.3) is 0 Å². The van der Waals surface area contributed by atoms with Crippen LogP contribution in [0.5, 0.6) is 0 Å². The van der Waals surface area contributed by atoms with E-state index in [2.05, 4.69) is 10.6 Å². The lowest BCUT2D eigenvalue weighted by Crippen LogP contribution is -2.50.